The van der Waals surface area contributed by atoms with Crippen molar-refractivity contribution in [1.82, 2.24) is 10.1 Å². The number of carbonyl (C=O) groups excluding carboxylic acids is 2. The molecule has 0 aliphatic carbocycles. The number of ether oxygens (including phenoxy) is 1. The number of hydrogen-bond donors (Lipinski definition) is 0. The standard InChI is InChI=1S/C10H12N2O4/c1-12(2)6-7(10(14)15-3)9(13)8-4-5-16-11-8/h4-6H,1-3H3/b7-6-. The molecule has 0 radical (unpaired) electrons. The minimum absolute atomic E-state index is 0.0681. The summed E-state index contributed by atoms with van der Waals surface area (Å²) in [7, 11) is 4.60. The summed E-state index contributed by atoms with van der Waals surface area (Å²) >= 11 is 0. The van der Waals surface area contributed by atoms with Gasteiger partial charge in [-0.05, 0) is 0 Å². The highest BCUT2D eigenvalue weighted by Gasteiger charge is 2.22. The molecule has 0 saturated heterocycles. The maximum Gasteiger partial charge on any atom is 0.343 e. The molecule has 0 amide bonds. The van der Waals surface area contributed by atoms with Gasteiger partial charge in [-0.3, -0.25) is 4.79 Å². The van der Waals surface area contributed by atoms with Gasteiger partial charge in [0.1, 0.15) is 11.8 Å². The molecule has 0 aliphatic rings. The van der Waals surface area contributed by atoms with Crippen LogP contribution in [0.15, 0.2) is 28.6 Å². The van der Waals surface area contributed by atoms with Crippen LogP contribution in [0.25, 0.3) is 0 Å². The lowest BCUT2D eigenvalue weighted by atomic mass is 10.1. The number of nitrogens with zero attached hydrogens (tertiary/aromatic N) is 2. The largest absolute Gasteiger partial charge is 0.465 e. The fraction of sp³-hybridized carbons (Fsp3) is 0.300. The van der Waals surface area contributed by atoms with E-state index >= 15 is 0 Å². The molecule has 1 aromatic rings. The third-order valence-corrected chi connectivity index (χ3v) is 1.71. The zero-order valence-corrected chi connectivity index (χ0v) is 9.26. The molecular formula is C10H12N2O4. The van der Waals surface area contributed by atoms with Crippen LogP contribution in [-0.4, -0.2) is 43.0 Å². The van der Waals surface area contributed by atoms with Gasteiger partial charge in [-0.1, -0.05) is 5.16 Å². The van der Waals surface area contributed by atoms with Crippen molar-refractivity contribution in [3.05, 3.63) is 29.8 Å². The van der Waals surface area contributed by atoms with E-state index in [1.807, 2.05) is 0 Å². The van der Waals surface area contributed by atoms with Gasteiger partial charge in [0.2, 0.25) is 5.78 Å². The van der Waals surface area contributed by atoms with Crippen molar-refractivity contribution < 1.29 is 18.8 Å². The number of methoxy groups -OCH3 is 1. The average molecular weight is 224 g/mol. The van der Waals surface area contributed by atoms with Crippen LogP contribution in [0.2, 0.25) is 0 Å². The number of ketones is 1. The highest BCUT2D eigenvalue weighted by molar-refractivity contribution is 6.23. The molecule has 6 nitrogen and oxygen atoms in total. The summed E-state index contributed by atoms with van der Waals surface area (Å²) < 4.78 is 9.06. The van der Waals surface area contributed by atoms with E-state index in [0.717, 1.165) is 0 Å². The second-order valence-corrected chi connectivity index (χ2v) is 3.21. The summed E-state index contributed by atoms with van der Waals surface area (Å²) in [6.07, 6.45) is 2.64. The van der Waals surface area contributed by atoms with E-state index in [2.05, 4.69) is 14.4 Å². The van der Waals surface area contributed by atoms with E-state index in [1.165, 1.54) is 25.6 Å². The topological polar surface area (TPSA) is 72.6 Å². The Morgan fingerprint density at radius 3 is 2.62 bits per heavy atom. The number of carbonyl (C=O) groups is 2. The molecule has 0 N–H and O–H groups in total. The summed E-state index contributed by atoms with van der Waals surface area (Å²) in [5, 5.41) is 3.47. The molecule has 0 aliphatic heterocycles. The summed E-state index contributed by atoms with van der Waals surface area (Å²) in [5.41, 5.74) is -0.0279. The van der Waals surface area contributed by atoms with E-state index in [0.29, 0.717) is 0 Å². The first-order valence-corrected chi connectivity index (χ1v) is 4.48. The van der Waals surface area contributed by atoms with Crippen molar-refractivity contribution in [2.75, 3.05) is 21.2 Å². The first-order chi connectivity index (χ1) is 7.56. The normalized spacial score (nSPS) is 11.1. The zero-order valence-electron chi connectivity index (χ0n) is 9.26. The molecule has 1 heterocycles. The van der Waals surface area contributed by atoms with Gasteiger partial charge in [0.25, 0.3) is 0 Å². The van der Waals surface area contributed by atoms with E-state index in [4.69, 9.17) is 0 Å². The molecule has 1 rings (SSSR count). The van der Waals surface area contributed by atoms with Gasteiger partial charge in [-0.15, -0.1) is 0 Å². The summed E-state index contributed by atoms with van der Waals surface area (Å²) in [4.78, 5) is 24.8. The highest BCUT2D eigenvalue weighted by atomic mass is 16.5. The van der Waals surface area contributed by atoms with Crippen molar-refractivity contribution in [2.45, 2.75) is 0 Å². The van der Waals surface area contributed by atoms with Crippen molar-refractivity contribution in [2.24, 2.45) is 0 Å². The Balaban J connectivity index is 3.03. The Bertz CT molecular complexity index is 406. The molecule has 0 aromatic carbocycles. The van der Waals surface area contributed by atoms with Crippen molar-refractivity contribution in [3.63, 3.8) is 0 Å². The number of Topliss-reactive ketones (excluding diaryl/α,β-unsaturated/α-hetero) is 1. The highest BCUT2D eigenvalue weighted by Crippen LogP contribution is 2.08. The molecule has 0 unspecified atom stereocenters. The lowest BCUT2D eigenvalue weighted by molar-refractivity contribution is -0.135. The monoisotopic (exact) mass is 224 g/mol. The van der Waals surface area contributed by atoms with Crippen LogP contribution >= 0.6 is 0 Å². The zero-order chi connectivity index (χ0) is 12.1. The first-order valence-electron chi connectivity index (χ1n) is 4.48. The van der Waals surface area contributed by atoms with Gasteiger partial charge in [0.15, 0.2) is 5.69 Å². The Morgan fingerprint density at radius 2 is 2.19 bits per heavy atom. The molecule has 0 atom stereocenters. The molecule has 0 spiro atoms. The molecule has 86 valence electrons. The quantitative estimate of drug-likeness (QED) is 0.243. The van der Waals surface area contributed by atoms with Crippen LogP contribution in [0.1, 0.15) is 10.5 Å². The Kier molecular flexibility index (Phi) is 3.82. The van der Waals surface area contributed by atoms with E-state index in [9.17, 15) is 9.59 Å². The van der Waals surface area contributed by atoms with Crippen LogP contribution in [0.3, 0.4) is 0 Å². The minimum Gasteiger partial charge on any atom is -0.465 e. The van der Waals surface area contributed by atoms with E-state index in [1.54, 1.807) is 19.0 Å². The van der Waals surface area contributed by atoms with Crippen LogP contribution in [0, 0.1) is 0 Å². The van der Waals surface area contributed by atoms with Crippen LogP contribution in [0.4, 0.5) is 0 Å². The van der Waals surface area contributed by atoms with Gasteiger partial charge >= 0.3 is 5.97 Å². The molecule has 0 bridgehead atoms. The van der Waals surface area contributed by atoms with Crippen LogP contribution in [0.5, 0.6) is 0 Å². The van der Waals surface area contributed by atoms with E-state index < -0.39 is 11.8 Å². The molecule has 0 saturated carbocycles. The SMILES string of the molecule is COC(=O)/C(=C\N(C)C)C(=O)c1ccon1. The van der Waals surface area contributed by atoms with Gasteiger partial charge in [-0.2, -0.15) is 0 Å². The number of hydrogen-bond acceptors (Lipinski definition) is 6. The smallest absolute Gasteiger partial charge is 0.343 e. The lowest BCUT2D eigenvalue weighted by Crippen LogP contribution is -2.18. The fourth-order valence-electron chi connectivity index (χ4n) is 1.04. The average Bonchev–Trinajstić information content (AvgIpc) is 2.77. The Labute approximate surface area is 92.5 Å². The first kappa shape index (κ1) is 12.0. The molecular weight excluding hydrogens is 212 g/mol. The number of esters is 1. The van der Waals surface area contributed by atoms with Crippen molar-refractivity contribution in [1.29, 1.82) is 0 Å². The molecule has 16 heavy (non-hydrogen) atoms. The fourth-order valence-corrected chi connectivity index (χ4v) is 1.04. The Hall–Kier alpha value is -2.11. The van der Waals surface area contributed by atoms with E-state index in [-0.39, 0.29) is 11.3 Å². The lowest BCUT2D eigenvalue weighted by Gasteiger charge is -2.08. The minimum atomic E-state index is -0.707. The molecule has 1 aromatic heterocycles. The van der Waals surface area contributed by atoms with Gasteiger partial charge < -0.3 is 14.2 Å². The summed E-state index contributed by atoms with van der Waals surface area (Å²) in [6, 6.07) is 1.38. The van der Waals surface area contributed by atoms with Gasteiger partial charge in [0, 0.05) is 26.4 Å². The summed E-state index contributed by atoms with van der Waals surface area (Å²) in [6.45, 7) is 0. The van der Waals surface area contributed by atoms with Gasteiger partial charge in [-0.25, -0.2) is 4.79 Å². The Morgan fingerprint density at radius 1 is 1.50 bits per heavy atom. The maximum absolute atomic E-state index is 11.8. The van der Waals surface area contributed by atoms with Crippen molar-refractivity contribution in [3.8, 4) is 0 Å². The number of rotatable bonds is 4. The predicted octanol–water partition coefficient (Wildman–Crippen LogP) is 0.476. The maximum atomic E-state index is 11.8. The second-order valence-electron chi connectivity index (χ2n) is 3.21. The predicted molar refractivity (Wildman–Crippen MR) is 54.6 cm³/mol. The van der Waals surface area contributed by atoms with Gasteiger partial charge in [0.05, 0.1) is 7.11 Å². The van der Waals surface area contributed by atoms with Crippen molar-refractivity contribution >= 4 is 11.8 Å². The summed E-state index contributed by atoms with van der Waals surface area (Å²) in [5.74, 6) is -1.24. The second kappa shape index (κ2) is 5.11. The third-order valence-electron chi connectivity index (χ3n) is 1.71. The number of aromatic nitrogens is 1. The van der Waals surface area contributed by atoms with Crippen LogP contribution in [-0.2, 0) is 9.53 Å². The third kappa shape index (κ3) is 2.69. The molecule has 0 fully saturated rings. The van der Waals surface area contributed by atoms with Crippen LogP contribution < -0.4 is 0 Å². The molecule has 6 heteroatoms.